The molecular weight excluding hydrogens is 339 g/mol. The second-order valence-electron chi connectivity index (χ2n) is 6.55. The molecular formula is C13H20BrFN2Si2. The van der Waals surface area contributed by atoms with E-state index in [0.717, 1.165) is 5.69 Å². The first-order valence-electron chi connectivity index (χ1n) is 6.18. The number of rotatable bonds is 3. The second-order valence-corrected chi connectivity index (χ2v) is 17.4. The van der Waals surface area contributed by atoms with Gasteiger partial charge in [-0.3, -0.25) is 0 Å². The number of benzene rings is 1. The summed E-state index contributed by atoms with van der Waals surface area (Å²) in [5.41, 5.74) is 1.28. The topological polar surface area (TPSA) is 27.0 Å². The van der Waals surface area contributed by atoms with E-state index in [-0.39, 0.29) is 5.82 Å². The van der Waals surface area contributed by atoms with Gasteiger partial charge in [-0.05, 0) is 28.1 Å². The van der Waals surface area contributed by atoms with Crippen molar-refractivity contribution in [2.45, 2.75) is 39.3 Å². The summed E-state index contributed by atoms with van der Waals surface area (Å²) < 4.78 is 16.6. The van der Waals surface area contributed by atoms with Gasteiger partial charge in [0.05, 0.1) is 15.7 Å². The van der Waals surface area contributed by atoms with E-state index in [0.29, 0.717) is 10.0 Å². The minimum Gasteiger partial charge on any atom is -0.423 e. The van der Waals surface area contributed by atoms with Crippen molar-refractivity contribution >= 4 is 38.1 Å². The molecule has 1 rings (SSSR count). The van der Waals surface area contributed by atoms with E-state index in [1.165, 1.54) is 6.07 Å². The van der Waals surface area contributed by atoms with Crippen LogP contribution in [0.15, 0.2) is 16.6 Å². The van der Waals surface area contributed by atoms with Crippen LogP contribution in [-0.2, 0) is 0 Å². The van der Waals surface area contributed by atoms with Crippen LogP contribution in [-0.4, -0.2) is 16.5 Å². The average Bonchev–Trinajstić information content (AvgIpc) is 2.21. The van der Waals surface area contributed by atoms with Crippen LogP contribution in [0.2, 0.25) is 39.3 Å². The Morgan fingerprint density at radius 2 is 1.58 bits per heavy atom. The highest BCUT2D eigenvalue weighted by molar-refractivity contribution is 9.10. The van der Waals surface area contributed by atoms with E-state index in [2.05, 4.69) is 65.5 Å². The minimum absolute atomic E-state index is 0.310. The molecule has 0 saturated carbocycles. The summed E-state index contributed by atoms with van der Waals surface area (Å²) in [6.45, 7) is 13.4. The Hall–Kier alpha value is -0.646. The summed E-state index contributed by atoms with van der Waals surface area (Å²) in [4.78, 5) is 0. The maximum atomic E-state index is 13.9. The molecule has 0 spiro atoms. The first-order chi connectivity index (χ1) is 8.50. The molecule has 1 aromatic rings. The van der Waals surface area contributed by atoms with Crippen molar-refractivity contribution in [2.75, 3.05) is 4.23 Å². The molecule has 0 atom stereocenters. The van der Waals surface area contributed by atoms with Gasteiger partial charge in [0, 0.05) is 0 Å². The van der Waals surface area contributed by atoms with E-state index in [1.807, 2.05) is 0 Å². The van der Waals surface area contributed by atoms with Crippen LogP contribution in [0.5, 0.6) is 0 Å². The lowest BCUT2D eigenvalue weighted by Gasteiger charge is -2.46. The molecule has 0 unspecified atom stereocenters. The highest BCUT2D eigenvalue weighted by Crippen LogP contribution is 2.38. The van der Waals surface area contributed by atoms with Crippen LogP contribution >= 0.6 is 15.9 Å². The molecule has 0 saturated heterocycles. The number of nitrogens with zero attached hydrogens (tertiary/aromatic N) is 2. The fraction of sp³-hybridized carbons (Fsp3) is 0.462. The fourth-order valence-corrected chi connectivity index (χ4v) is 13.2. The maximum Gasteiger partial charge on any atom is 0.139 e. The van der Waals surface area contributed by atoms with Gasteiger partial charge in [0.25, 0.3) is 0 Å². The molecule has 0 bridgehead atoms. The zero-order valence-corrected chi connectivity index (χ0v) is 15.9. The van der Waals surface area contributed by atoms with Gasteiger partial charge < -0.3 is 4.23 Å². The third kappa shape index (κ3) is 3.47. The lowest BCUT2D eigenvalue weighted by atomic mass is 10.2. The zero-order chi connectivity index (χ0) is 15.0. The Labute approximate surface area is 125 Å². The predicted octanol–water partition coefficient (Wildman–Crippen LogP) is 4.94. The summed E-state index contributed by atoms with van der Waals surface area (Å²) in [6.07, 6.45) is 0. The minimum atomic E-state index is -1.72. The molecule has 2 nitrogen and oxygen atoms in total. The molecule has 0 aliphatic heterocycles. The number of nitriles is 1. The van der Waals surface area contributed by atoms with Gasteiger partial charge in [0.2, 0.25) is 0 Å². The summed E-state index contributed by atoms with van der Waals surface area (Å²) in [5.74, 6) is -0.310. The van der Waals surface area contributed by atoms with Crippen molar-refractivity contribution in [2.24, 2.45) is 0 Å². The van der Waals surface area contributed by atoms with Gasteiger partial charge in [-0.15, -0.1) is 0 Å². The first-order valence-corrected chi connectivity index (χ1v) is 13.9. The fourth-order valence-electron chi connectivity index (χ4n) is 2.53. The molecule has 0 aliphatic rings. The summed E-state index contributed by atoms with van der Waals surface area (Å²) in [5, 5.41) is 9.33. The Balaban J connectivity index is 3.66. The lowest BCUT2D eigenvalue weighted by molar-refractivity contribution is 0.621. The van der Waals surface area contributed by atoms with Gasteiger partial charge in [0.1, 0.15) is 28.4 Å². The first kappa shape index (κ1) is 16.4. The maximum absolute atomic E-state index is 13.9. The third-order valence-corrected chi connectivity index (χ3v) is 10.7. The van der Waals surface area contributed by atoms with Crippen LogP contribution in [0.1, 0.15) is 5.56 Å². The molecule has 0 fully saturated rings. The molecule has 104 valence electrons. The molecule has 0 N–H and O–H groups in total. The Morgan fingerprint density at radius 1 is 1.11 bits per heavy atom. The van der Waals surface area contributed by atoms with Gasteiger partial charge in [-0.2, -0.15) is 5.26 Å². The van der Waals surface area contributed by atoms with E-state index in [1.54, 1.807) is 6.07 Å². The van der Waals surface area contributed by atoms with Gasteiger partial charge >= 0.3 is 0 Å². The van der Waals surface area contributed by atoms with Crippen LogP contribution in [0.4, 0.5) is 10.1 Å². The van der Waals surface area contributed by atoms with Crippen molar-refractivity contribution in [3.63, 3.8) is 0 Å². The molecule has 19 heavy (non-hydrogen) atoms. The van der Waals surface area contributed by atoms with Crippen molar-refractivity contribution in [1.82, 2.24) is 0 Å². The van der Waals surface area contributed by atoms with E-state index >= 15 is 0 Å². The van der Waals surface area contributed by atoms with Crippen molar-refractivity contribution in [1.29, 1.82) is 5.26 Å². The summed E-state index contributed by atoms with van der Waals surface area (Å²) >= 11 is 3.33. The molecule has 6 heteroatoms. The number of anilines is 1. The van der Waals surface area contributed by atoms with E-state index in [9.17, 15) is 9.65 Å². The van der Waals surface area contributed by atoms with Crippen LogP contribution in [0.3, 0.4) is 0 Å². The number of hydrogen-bond acceptors (Lipinski definition) is 2. The van der Waals surface area contributed by atoms with Gasteiger partial charge in [-0.25, -0.2) is 4.39 Å². The lowest BCUT2D eigenvalue weighted by Crippen LogP contribution is -2.60. The van der Waals surface area contributed by atoms with Gasteiger partial charge in [0.15, 0.2) is 0 Å². The molecule has 0 amide bonds. The zero-order valence-electron chi connectivity index (χ0n) is 12.3. The van der Waals surface area contributed by atoms with Gasteiger partial charge in [-0.1, -0.05) is 39.3 Å². The van der Waals surface area contributed by atoms with Crippen LogP contribution in [0, 0.1) is 17.1 Å². The molecule has 0 aliphatic carbocycles. The summed E-state index contributed by atoms with van der Waals surface area (Å²) in [6, 6.07) is 5.11. The van der Waals surface area contributed by atoms with Crippen molar-refractivity contribution in [3.05, 3.63) is 28.0 Å². The van der Waals surface area contributed by atoms with Crippen molar-refractivity contribution in [3.8, 4) is 6.07 Å². The molecule has 0 radical (unpaired) electrons. The Bertz CT molecular complexity index is 513. The largest absolute Gasteiger partial charge is 0.423 e. The smallest absolute Gasteiger partial charge is 0.139 e. The normalized spacial score (nSPS) is 12.2. The highest BCUT2D eigenvalue weighted by Gasteiger charge is 2.37. The SMILES string of the molecule is C[Si](C)(C)N(c1c(C#N)ccc(F)c1Br)[Si](C)(C)C. The van der Waals surface area contributed by atoms with Crippen molar-refractivity contribution < 1.29 is 4.39 Å². The van der Waals surface area contributed by atoms with E-state index in [4.69, 9.17) is 0 Å². The van der Waals surface area contributed by atoms with E-state index < -0.39 is 16.5 Å². The monoisotopic (exact) mass is 358 g/mol. The standard InChI is InChI=1S/C13H20BrFN2Si2/c1-18(2,3)17(19(4,5)6)13-10(9-16)7-8-11(15)12(13)14/h7-8H,1-6H3. The molecule has 0 aromatic heterocycles. The number of hydrogen-bond donors (Lipinski definition) is 0. The molecule has 0 heterocycles. The third-order valence-electron chi connectivity index (χ3n) is 2.75. The van der Waals surface area contributed by atoms with Crippen LogP contribution in [0.25, 0.3) is 0 Å². The molecule has 1 aromatic carbocycles. The number of halogens is 2. The summed E-state index contributed by atoms with van der Waals surface area (Å²) in [7, 11) is -3.44. The quantitative estimate of drug-likeness (QED) is 0.715. The highest BCUT2D eigenvalue weighted by atomic mass is 79.9. The van der Waals surface area contributed by atoms with Crippen LogP contribution < -0.4 is 4.23 Å². The Morgan fingerprint density at radius 3 is 1.95 bits per heavy atom. The second kappa shape index (κ2) is 5.39. The Kier molecular flexibility index (Phi) is 4.65. The predicted molar refractivity (Wildman–Crippen MR) is 88.0 cm³/mol. The average molecular weight is 359 g/mol.